The third-order valence-corrected chi connectivity index (χ3v) is 2.48. The summed E-state index contributed by atoms with van der Waals surface area (Å²) < 4.78 is 0. The summed E-state index contributed by atoms with van der Waals surface area (Å²) in [4.78, 5) is 17.6. The van der Waals surface area contributed by atoms with Gasteiger partial charge < -0.3 is 10.6 Å². The summed E-state index contributed by atoms with van der Waals surface area (Å²) in [6.45, 7) is 2.55. The second-order valence-corrected chi connectivity index (χ2v) is 3.69. The molecule has 1 aliphatic heterocycles. The summed E-state index contributed by atoms with van der Waals surface area (Å²) in [5.41, 5.74) is 1.20. The van der Waals surface area contributed by atoms with Crippen molar-refractivity contribution in [2.75, 3.05) is 25.0 Å². The average Bonchev–Trinajstić information content (AvgIpc) is 2.38. The zero-order valence-corrected chi connectivity index (χ0v) is 9.22. The molecule has 0 saturated heterocycles. The van der Waals surface area contributed by atoms with E-state index in [9.17, 15) is 10.1 Å². The van der Waals surface area contributed by atoms with Crippen LogP contribution in [0.15, 0.2) is 24.0 Å². The van der Waals surface area contributed by atoms with Crippen LogP contribution in [0.4, 0.5) is 11.6 Å². The zero-order chi connectivity index (χ0) is 12.1. The molecule has 7 nitrogen and oxygen atoms in total. The van der Waals surface area contributed by atoms with E-state index in [1.54, 1.807) is 0 Å². The van der Waals surface area contributed by atoms with Crippen LogP contribution in [0.2, 0.25) is 0 Å². The lowest BCUT2D eigenvalue weighted by Gasteiger charge is -2.14. The number of anilines is 1. The Kier molecular flexibility index (Phi) is 3.61. The average molecular weight is 235 g/mol. The monoisotopic (exact) mass is 235 g/mol. The number of nitrogens with zero attached hydrogens (tertiary/aromatic N) is 3. The van der Waals surface area contributed by atoms with E-state index in [-0.39, 0.29) is 5.69 Å². The number of rotatable bonds is 4. The molecule has 0 saturated carbocycles. The van der Waals surface area contributed by atoms with Crippen LogP contribution in [-0.2, 0) is 0 Å². The van der Waals surface area contributed by atoms with Crippen LogP contribution < -0.4 is 10.6 Å². The van der Waals surface area contributed by atoms with Gasteiger partial charge in [0.2, 0.25) is 5.95 Å². The molecule has 1 aliphatic rings. The molecule has 2 N–H and O–H groups in total. The Bertz CT molecular complexity index is 429. The maximum atomic E-state index is 10.4. The zero-order valence-electron chi connectivity index (χ0n) is 9.22. The number of hydrogen-bond donors (Lipinski definition) is 2. The first-order chi connectivity index (χ1) is 8.25. The predicted octanol–water partition coefficient (Wildman–Crippen LogP) is 0.716. The fraction of sp³-hybridized carbons (Fsp3) is 0.400. The van der Waals surface area contributed by atoms with Crippen LogP contribution in [0, 0.1) is 10.1 Å². The van der Waals surface area contributed by atoms with Gasteiger partial charge in [0, 0.05) is 13.1 Å². The molecule has 2 heterocycles. The van der Waals surface area contributed by atoms with Gasteiger partial charge in [-0.1, -0.05) is 11.6 Å². The first kappa shape index (κ1) is 11.5. The maximum absolute atomic E-state index is 10.4. The highest BCUT2D eigenvalue weighted by Gasteiger charge is 2.07. The normalized spacial score (nSPS) is 15.2. The van der Waals surface area contributed by atoms with E-state index in [0.717, 1.165) is 19.5 Å². The molecule has 0 aromatic carbocycles. The lowest BCUT2D eigenvalue weighted by Crippen LogP contribution is -2.23. The Morgan fingerprint density at radius 1 is 1.47 bits per heavy atom. The van der Waals surface area contributed by atoms with Crippen LogP contribution in [-0.4, -0.2) is 34.5 Å². The first-order valence-electron chi connectivity index (χ1n) is 5.34. The van der Waals surface area contributed by atoms with Gasteiger partial charge in [-0.25, -0.2) is 9.97 Å². The van der Waals surface area contributed by atoms with Gasteiger partial charge in [0.25, 0.3) is 0 Å². The molecule has 7 heteroatoms. The van der Waals surface area contributed by atoms with Crippen LogP contribution >= 0.6 is 0 Å². The molecule has 0 fully saturated rings. The highest BCUT2D eigenvalue weighted by Crippen LogP contribution is 2.09. The second-order valence-electron chi connectivity index (χ2n) is 3.69. The topological polar surface area (TPSA) is 93.0 Å². The fourth-order valence-corrected chi connectivity index (χ4v) is 1.53. The lowest BCUT2D eigenvalue weighted by molar-refractivity contribution is -0.385. The Morgan fingerprint density at radius 3 is 2.82 bits per heavy atom. The Labute approximate surface area is 98.1 Å². The van der Waals surface area contributed by atoms with E-state index in [1.165, 1.54) is 18.0 Å². The van der Waals surface area contributed by atoms with Gasteiger partial charge in [-0.3, -0.25) is 10.1 Å². The standard InChI is InChI=1S/C10H13N5O2/c16-15(17)9-6-13-10(14-7-9)12-5-8-1-3-11-4-2-8/h1,6-7,11H,2-5H2,(H,12,13,14). The Morgan fingerprint density at radius 2 is 2.24 bits per heavy atom. The largest absolute Gasteiger partial charge is 0.350 e. The predicted molar refractivity (Wildman–Crippen MR) is 62.7 cm³/mol. The SMILES string of the molecule is O=[N+]([O-])c1cnc(NCC2=CCNCC2)nc1. The van der Waals surface area contributed by atoms with Crippen LogP contribution in [0.1, 0.15) is 6.42 Å². The first-order valence-corrected chi connectivity index (χ1v) is 5.34. The van der Waals surface area contributed by atoms with E-state index in [4.69, 9.17) is 0 Å². The summed E-state index contributed by atoms with van der Waals surface area (Å²) in [5.74, 6) is 0.412. The summed E-state index contributed by atoms with van der Waals surface area (Å²) in [7, 11) is 0. The second kappa shape index (κ2) is 5.35. The number of nitro groups is 1. The van der Waals surface area contributed by atoms with Gasteiger partial charge in [0.1, 0.15) is 12.4 Å². The van der Waals surface area contributed by atoms with Crippen molar-refractivity contribution in [2.24, 2.45) is 0 Å². The van der Waals surface area contributed by atoms with E-state index in [0.29, 0.717) is 12.5 Å². The van der Waals surface area contributed by atoms with Crippen LogP contribution in [0.25, 0.3) is 0 Å². The lowest BCUT2D eigenvalue weighted by atomic mass is 10.1. The molecule has 0 aliphatic carbocycles. The van der Waals surface area contributed by atoms with E-state index in [1.807, 2.05) is 0 Å². The highest BCUT2D eigenvalue weighted by molar-refractivity contribution is 5.32. The van der Waals surface area contributed by atoms with Crippen molar-refractivity contribution in [2.45, 2.75) is 6.42 Å². The summed E-state index contributed by atoms with van der Waals surface area (Å²) >= 11 is 0. The van der Waals surface area contributed by atoms with Gasteiger partial charge in [-0.15, -0.1) is 0 Å². The van der Waals surface area contributed by atoms with E-state index < -0.39 is 4.92 Å². The van der Waals surface area contributed by atoms with Crippen molar-refractivity contribution in [3.8, 4) is 0 Å². The van der Waals surface area contributed by atoms with Crippen molar-refractivity contribution >= 4 is 11.6 Å². The van der Waals surface area contributed by atoms with Crippen molar-refractivity contribution in [1.82, 2.24) is 15.3 Å². The quantitative estimate of drug-likeness (QED) is 0.453. The smallest absolute Gasteiger partial charge is 0.305 e. The molecule has 0 radical (unpaired) electrons. The van der Waals surface area contributed by atoms with Gasteiger partial charge in [0.05, 0.1) is 4.92 Å². The third kappa shape index (κ3) is 3.22. The molecule has 1 aromatic heterocycles. The Balaban J connectivity index is 1.90. The molecule has 0 spiro atoms. The summed E-state index contributed by atoms with van der Waals surface area (Å²) in [6, 6.07) is 0. The van der Waals surface area contributed by atoms with Gasteiger partial charge in [-0.2, -0.15) is 0 Å². The molecule has 1 aromatic rings. The van der Waals surface area contributed by atoms with Crippen molar-refractivity contribution in [1.29, 1.82) is 0 Å². The molecule has 0 bridgehead atoms. The van der Waals surface area contributed by atoms with Crippen LogP contribution in [0.5, 0.6) is 0 Å². The molecule has 0 unspecified atom stereocenters. The molecule has 17 heavy (non-hydrogen) atoms. The molecular weight excluding hydrogens is 222 g/mol. The Hall–Kier alpha value is -2.02. The molecule has 2 rings (SSSR count). The maximum Gasteiger partial charge on any atom is 0.305 e. The summed E-state index contributed by atoms with van der Waals surface area (Å²) in [5, 5.41) is 16.7. The molecule has 0 amide bonds. The third-order valence-electron chi connectivity index (χ3n) is 2.48. The highest BCUT2D eigenvalue weighted by atomic mass is 16.6. The van der Waals surface area contributed by atoms with Crippen molar-refractivity contribution in [3.05, 3.63) is 34.2 Å². The van der Waals surface area contributed by atoms with Crippen molar-refractivity contribution in [3.63, 3.8) is 0 Å². The van der Waals surface area contributed by atoms with E-state index in [2.05, 4.69) is 26.7 Å². The molecule has 0 atom stereocenters. The number of hydrogen-bond acceptors (Lipinski definition) is 6. The summed E-state index contributed by atoms with van der Waals surface area (Å²) in [6.07, 6.45) is 5.53. The van der Waals surface area contributed by atoms with Gasteiger partial charge in [-0.05, 0) is 13.0 Å². The fourth-order valence-electron chi connectivity index (χ4n) is 1.53. The van der Waals surface area contributed by atoms with Gasteiger partial charge in [0.15, 0.2) is 0 Å². The number of nitrogens with one attached hydrogen (secondary N) is 2. The van der Waals surface area contributed by atoms with Crippen LogP contribution in [0.3, 0.4) is 0 Å². The minimum atomic E-state index is -0.515. The van der Waals surface area contributed by atoms with Crippen molar-refractivity contribution < 1.29 is 4.92 Å². The number of aromatic nitrogens is 2. The minimum Gasteiger partial charge on any atom is -0.350 e. The van der Waals surface area contributed by atoms with Gasteiger partial charge >= 0.3 is 5.69 Å². The molecule has 90 valence electrons. The minimum absolute atomic E-state index is 0.100. The molecular formula is C10H13N5O2. The van der Waals surface area contributed by atoms with E-state index >= 15 is 0 Å².